The second kappa shape index (κ2) is 7.00. The third-order valence-electron chi connectivity index (χ3n) is 4.74. The molecule has 5 heteroatoms. The highest BCUT2D eigenvalue weighted by Crippen LogP contribution is 2.27. The normalized spacial score (nSPS) is 20.9. The number of rotatable bonds is 4. The molecule has 2 N–H and O–H groups in total. The van der Waals surface area contributed by atoms with Gasteiger partial charge in [0.05, 0.1) is 17.7 Å². The fourth-order valence-corrected chi connectivity index (χ4v) is 3.45. The van der Waals surface area contributed by atoms with Crippen LogP contribution in [0.3, 0.4) is 0 Å². The maximum absolute atomic E-state index is 11.6. The summed E-state index contributed by atoms with van der Waals surface area (Å²) in [6.07, 6.45) is -0.130. The van der Waals surface area contributed by atoms with Crippen LogP contribution in [-0.4, -0.2) is 42.2 Å². The van der Waals surface area contributed by atoms with E-state index in [4.69, 9.17) is 0 Å². The number of β-amino-alcohol motifs (C(OH)–C–C–N with tert-alkyl or cyclic N) is 1. The van der Waals surface area contributed by atoms with Crippen molar-refractivity contribution in [2.24, 2.45) is 5.92 Å². The molecule has 0 bridgehead atoms. The van der Waals surface area contributed by atoms with E-state index in [9.17, 15) is 15.2 Å². The molecule has 2 atom stereocenters. The van der Waals surface area contributed by atoms with Gasteiger partial charge in [-0.25, -0.2) is 0 Å². The lowest BCUT2D eigenvalue weighted by Gasteiger charge is -2.17. The van der Waals surface area contributed by atoms with E-state index in [2.05, 4.69) is 16.3 Å². The highest BCUT2D eigenvalue weighted by molar-refractivity contribution is 5.90. The molecule has 1 aliphatic heterocycles. The van der Waals surface area contributed by atoms with E-state index in [-0.39, 0.29) is 11.8 Å². The number of hydrogen-bond acceptors (Lipinski definition) is 4. The summed E-state index contributed by atoms with van der Waals surface area (Å²) >= 11 is 0. The number of hydrogen-bond donors (Lipinski definition) is 2. The molecule has 0 saturated carbocycles. The molecule has 1 fully saturated rings. The Kier molecular flexibility index (Phi) is 4.79. The molecule has 2 aromatic rings. The van der Waals surface area contributed by atoms with E-state index < -0.39 is 6.10 Å². The highest BCUT2D eigenvalue weighted by atomic mass is 16.3. The fraction of sp³-hybridized carbons (Fsp3) is 0.368. The molecule has 1 saturated heterocycles. The van der Waals surface area contributed by atoms with Gasteiger partial charge in [0.1, 0.15) is 0 Å². The molecule has 0 unspecified atom stereocenters. The molecule has 24 heavy (non-hydrogen) atoms. The SMILES string of the molecule is CNC(=O)C[C@@H]1CN(Cc2ccc(C#N)c3ccccc23)C[C@H]1O. The minimum absolute atomic E-state index is 0.0328. The summed E-state index contributed by atoms with van der Waals surface area (Å²) < 4.78 is 0. The first kappa shape index (κ1) is 16.4. The average Bonchev–Trinajstić information content (AvgIpc) is 2.94. The molecule has 5 nitrogen and oxygen atoms in total. The van der Waals surface area contributed by atoms with Crippen LogP contribution in [0.4, 0.5) is 0 Å². The van der Waals surface area contributed by atoms with Crippen molar-refractivity contribution in [3.63, 3.8) is 0 Å². The van der Waals surface area contributed by atoms with Gasteiger partial charge < -0.3 is 10.4 Å². The highest BCUT2D eigenvalue weighted by Gasteiger charge is 2.32. The minimum Gasteiger partial charge on any atom is -0.391 e. The largest absolute Gasteiger partial charge is 0.391 e. The average molecular weight is 323 g/mol. The van der Waals surface area contributed by atoms with Gasteiger partial charge in [-0.05, 0) is 22.4 Å². The summed E-state index contributed by atoms with van der Waals surface area (Å²) in [7, 11) is 1.62. The zero-order valence-corrected chi connectivity index (χ0v) is 13.7. The predicted octanol–water partition coefficient (Wildman–Crippen LogP) is 1.64. The van der Waals surface area contributed by atoms with Crippen molar-refractivity contribution in [2.45, 2.75) is 19.1 Å². The third kappa shape index (κ3) is 3.25. The van der Waals surface area contributed by atoms with Crippen molar-refractivity contribution in [1.82, 2.24) is 10.2 Å². The standard InChI is InChI=1S/C19H21N3O2/c1-21-19(24)8-15-11-22(12-18(15)23)10-14-7-6-13(9-20)16-4-2-3-5-17(14)16/h2-7,15,18,23H,8,10-12H2,1H3,(H,21,24)/t15-,18-/m1/s1. The van der Waals surface area contributed by atoms with Gasteiger partial charge in [-0.3, -0.25) is 9.69 Å². The Morgan fingerprint density at radius 1 is 1.29 bits per heavy atom. The van der Waals surface area contributed by atoms with Gasteiger partial charge in [0, 0.05) is 39.0 Å². The molecular formula is C19H21N3O2. The Hall–Kier alpha value is -2.42. The molecule has 1 aliphatic rings. The smallest absolute Gasteiger partial charge is 0.220 e. The first-order valence-electron chi connectivity index (χ1n) is 8.14. The molecule has 3 rings (SSSR count). The van der Waals surface area contributed by atoms with E-state index in [1.807, 2.05) is 36.4 Å². The lowest BCUT2D eigenvalue weighted by atomic mass is 10.00. The van der Waals surface area contributed by atoms with E-state index in [0.717, 1.165) is 16.3 Å². The quantitative estimate of drug-likeness (QED) is 0.897. The Morgan fingerprint density at radius 2 is 2.04 bits per heavy atom. The predicted molar refractivity (Wildman–Crippen MR) is 92.1 cm³/mol. The second-order valence-electron chi connectivity index (χ2n) is 6.33. The van der Waals surface area contributed by atoms with E-state index >= 15 is 0 Å². The molecule has 0 aromatic heterocycles. The van der Waals surface area contributed by atoms with Crippen molar-refractivity contribution in [3.05, 3.63) is 47.5 Å². The van der Waals surface area contributed by atoms with Crippen LogP contribution in [0.2, 0.25) is 0 Å². The Balaban J connectivity index is 1.79. The van der Waals surface area contributed by atoms with Crippen molar-refractivity contribution in [2.75, 3.05) is 20.1 Å². The topological polar surface area (TPSA) is 76.4 Å². The lowest BCUT2D eigenvalue weighted by molar-refractivity contribution is -0.122. The summed E-state index contributed by atoms with van der Waals surface area (Å²) in [4.78, 5) is 13.7. The van der Waals surface area contributed by atoms with Crippen LogP contribution in [0.25, 0.3) is 10.8 Å². The number of amides is 1. The van der Waals surface area contributed by atoms with Crippen LogP contribution < -0.4 is 5.32 Å². The van der Waals surface area contributed by atoms with Crippen LogP contribution in [-0.2, 0) is 11.3 Å². The van der Waals surface area contributed by atoms with Gasteiger partial charge in [-0.2, -0.15) is 5.26 Å². The monoisotopic (exact) mass is 323 g/mol. The fourth-order valence-electron chi connectivity index (χ4n) is 3.45. The summed E-state index contributed by atoms with van der Waals surface area (Å²) in [5.74, 6) is -0.0701. The Morgan fingerprint density at radius 3 is 2.75 bits per heavy atom. The second-order valence-corrected chi connectivity index (χ2v) is 6.33. The minimum atomic E-state index is -0.480. The molecule has 0 aliphatic carbocycles. The van der Waals surface area contributed by atoms with Crippen LogP contribution in [0.5, 0.6) is 0 Å². The number of nitriles is 1. The number of benzene rings is 2. The molecular weight excluding hydrogens is 302 g/mol. The van der Waals surface area contributed by atoms with Crippen molar-refractivity contribution < 1.29 is 9.90 Å². The zero-order chi connectivity index (χ0) is 17.1. The molecule has 124 valence electrons. The van der Waals surface area contributed by atoms with E-state index in [0.29, 0.717) is 31.6 Å². The van der Waals surface area contributed by atoms with E-state index in [1.54, 1.807) is 7.05 Å². The van der Waals surface area contributed by atoms with Gasteiger partial charge in [0.2, 0.25) is 5.91 Å². The molecule has 0 spiro atoms. The first-order valence-corrected chi connectivity index (χ1v) is 8.14. The van der Waals surface area contributed by atoms with Crippen LogP contribution in [0.1, 0.15) is 17.5 Å². The molecule has 2 aromatic carbocycles. The van der Waals surface area contributed by atoms with Gasteiger partial charge in [-0.1, -0.05) is 30.3 Å². The number of carbonyl (C=O) groups excluding carboxylic acids is 1. The lowest BCUT2D eigenvalue weighted by Crippen LogP contribution is -2.27. The maximum atomic E-state index is 11.6. The molecule has 0 radical (unpaired) electrons. The van der Waals surface area contributed by atoms with Crippen molar-refractivity contribution in [3.8, 4) is 6.07 Å². The third-order valence-corrected chi connectivity index (χ3v) is 4.74. The Bertz CT molecular complexity index is 797. The number of aliphatic hydroxyl groups excluding tert-OH is 1. The number of nitrogens with one attached hydrogen (secondary N) is 1. The summed E-state index contributed by atoms with van der Waals surface area (Å²) in [5.41, 5.74) is 1.81. The number of aliphatic hydroxyl groups is 1. The molecule has 1 amide bonds. The summed E-state index contributed by atoms with van der Waals surface area (Å²) in [6, 6.07) is 14.0. The summed E-state index contributed by atoms with van der Waals surface area (Å²) in [5, 5.41) is 24.1. The van der Waals surface area contributed by atoms with Gasteiger partial charge in [0.15, 0.2) is 0 Å². The van der Waals surface area contributed by atoms with E-state index in [1.165, 1.54) is 0 Å². The molecule has 1 heterocycles. The number of fused-ring (bicyclic) bond motifs is 1. The van der Waals surface area contributed by atoms with Crippen molar-refractivity contribution >= 4 is 16.7 Å². The number of nitrogens with zero attached hydrogens (tertiary/aromatic N) is 2. The first-order chi connectivity index (χ1) is 11.6. The Labute approximate surface area is 141 Å². The maximum Gasteiger partial charge on any atom is 0.220 e. The van der Waals surface area contributed by atoms with Crippen LogP contribution in [0, 0.1) is 17.2 Å². The van der Waals surface area contributed by atoms with Gasteiger partial charge in [-0.15, -0.1) is 0 Å². The van der Waals surface area contributed by atoms with Gasteiger partial charge >= 0.3 is 0 Å². The van der Waals surface area contributed by atoms with Crippen LogP contribution in [0.15, 0.2) is 36.4 Å². The van der Waals surface area contributed by atoms with Crippen LogP contribution >= 0.6 is 0 Å². The number of carbonyl (C=O) groups is 1. The van der Waals surface area contributed by atoms with Gasteiger partial charge in [0.25, 0.3) is 0 Å². The van der Waals surface area contributed by atoms with Crippen molar-refractivity contribution in [1.29, 1.82) is 5.26 Å². The zero-order valence-electron chi connectivity index (χ0n) is 13.7. The summed E-state index contributed by atoms with van der Waals surface area (Å²) in [6.45, 7) is 1.96. The number of likely N-dealkylation sites (tertiary alicyclic amines) is 1.